The van der Waals surface area contributed by atoms with Gasteiger partial charge in [0.25, 0.3) is 11.7 Å². The number of rotatable bonds is 3. The van der Waals surface area contributed by atoms with Crippen molar-refractivity contribution in [2.45, 2.75) is 26.2 Å². The Labute approximate surface area is 117 Å². The molecule has 0 bridgehead atoms. The third-order valence-corrected chi connectivity index (χ3v) is 3.99. The molecule has 1 fully saturated rings. The van der Waals surface area contributed by atoms with Gasteiger partial charge in [0.15, 0.2) is 0 Å². The van der Waals surface area contributed by atoms with Gasteiger partial charge in [0.2, 0.25) is 0 Å². The lowest BCUT2D eigenvalue weighted by molar-refractivity contribution is -0.125. The molecule has 1 aromatic carbocycles. The van der Waals surface area contributed by atoms with Crippen molar-refractivity contribution >= 4 is 22.6 Å². The van der Waals surface area contributed by atoms with Gasteiger partial charge in [0, 0.05) is 30.2 Å². The number of ketones is 1. The van der Waals surface area contributed by atoms with Gasteiger partial charge in [-0.1, -0.05) is 13.0 Å². The van der Waals surface area contributed by atoms with E-state index in [2.05, 4.69) is 11.9 Å². The van der Waals surface area contributed by atoms with Crippen LogP contribution in [0.2, 0.25) is 0 Å². The number of nitrogens with one attached hydrogen (secondary N) is 1. The van der Waals surface area contributed by atoms with Crippen LogP contribution in [0.15, 0.2) is 24.4 Å². The van der Waals surface area contributed by atoms with E-state index in [1.54, 1.807) is 11.1 Å². The molecule has 104 valence electrons. The Hall–Kier alpha value is -2.10. The van der Waals surface area contributed by atoms with Crippen molar-refractivity contribution in [2.24, 2.45) is 0 Å². The zero-order chi connectivity index (χ0) is 14.1. The molecular formula is C16H18N2O2. The van der Waals surface area contributed by atoms with E-state index in [0.29, 0.717) is 18.7 Å². The Morgan fingerprint density at radius 1 is 1.25 bits per heavy atom. The first kappa shape index (κ1) is 12.9. The molecular weight excluding hydrogens is 252 g/mol. The van der Waals surface area contributed by atoms with Crippen LogP contribution in [-0.2, 0) is 11.2 Å². The number of aromatic amines is 1. The van der Waals surface area contributed by atoms with Crippen LogP contribution >= 0.6 is 0 Å². The lowest BCUT2D eigenvalue weighted by Gasteiger charge is -2.13. The number of nitrogens with zero attached hydrogens (tertiary/aromatic N) is 1. The lowest BCUT2D eigenvalue weighted by atomic mass is 10.0. The predicted octanol–water partition coefficient (Wildman–Crippen LogP) is 2.54. The van der Waals surface area contributed by atoms with E-state index < -0.39 is 5.78 Å². The maximum absolute atomic E-state index is 12.4. The minimum atomic E-state index is -0.397. The summed E-state index contributed by atoms with van der Waals surface area (Å²) < 4.78 is 0. The molecule has 0 spiro atoms. The first-order valence-corrected chi connectivity index (χ1v) is 7.14. The Kier molecular flexibility index (Phi) is 3.30. The SMILES string of the molecule is CCc1ccc2[nH]cc(C(=O)C(=O)N3CCCC3)c2c1. The number of amides is 1. The fourth-order valence-corrected chi connectivity index (χ4v) is 2.75. The molecule has 1 amide bonds. The van der Waals surface area contributed by atoms with Crippen molar-refractivity contribution in [1.29, 1.82) is 0 Å². The summed E-state index contributed by atoms with van der Waals surface area (Å²) in [7, 11) is 0. The lowest BCUT2D eigenvalue weighted by Crippen LogP contribution is -2.34. The molecule has 2 heterocycles. The van der Waals surface area contributed by atoms with Crippen LogP contribution in [0.3, 0.4) is 0 Å². The maximum Gasteiger partial charge on any atom is 0.295 e. The van der Waals surface area contributed by atoms with Gasteiger partial charge in [0.1, 0.15) is 0 Å². The van der Waals surface area contributed by atoms with E-state index in [1.165, 1.54) is 5.56 Å². The van der Waals surface area contributed by atoms with E-state index in [9.17, 15) is 9.59 Å². The van der Waals surface area contributed by atoms with E-state index in [1.807, 2.05) is 18.2 Å². The summed E-state index contributed by atoms with van der Waals surface area (Å²) in [5.74, 6) is -0.767. The molecule has 0 aliphatic carbocycles. The van der Waals surface area contributed by atoms with E-state index >= 15 is 0 Å². The first-order chi connectivity index (χ1) is 9.70. The molecule has 1 aliphatic heterocycles. The Balaban J connectivity index is 1.96. The highest BCUT2D eigenvalue weighted by molar-refractivity contribution is 6.44. The summed E-state index contributed by atoms with van der Waals surface area (Å²) in [4.78, 5) is 29.3. The van der Waals surface area contributed by atoms with Gasteiger partial charge in [-0.3, -0.25) is 9.59 Å². The number of benzene rings is 1. The third-order valence-electron chi connectivity index (χ3n) is 3.99. The van der Waals surface area contributed by atoms with Gasteiger partial charge < -0.3 is 9.88 Å². The van der Waals surface area contributed by atoms with Gasteiger partial charge in [-0.25, -0.2) is 0 Å². The number of likely N-dealkylation sites (tertiary alicyclic amines) is 1. The number of H-pyrrole nitrogens is 1. The highest BCUT2D eigenvalue weighted by Gasteiger charge is 2.27. The second-order valence-electron chi connectivity index (χ2n) is 5.26. The van der Waals surface area contributed by atoms with Gasteiger partial charge in [-0.15, -0.1) is 0 Å². The molecule has 4 nitrogen and oxygen atoms in total. The minimum Gasteiger partial charge on any atom is -0.360 e. The number of hydrogen-bond donors (Lipinski definition) is 1. The molecule has 1 aliphatic rings. The van der Waals surface area contributed by atoms with Crippen LogP contribution in [0.4, 0.5) is 0 Å². The first-order valence-electron chi connectivity index (χ1n) is 7.14. The van der Waals surface area contributed by atoms with Crippen molar-refractivity contribution in [3.05, 3.63) is 35.5 Å². The Morgan fingerprint density at radius 3 is 2.70 bits per heavy atom. The summed E-state index contributed by atoms with van der Waals surface area (Å²) >= 11 is 0. The highest BCUT2D eigenvalue weighted by Crippen LogP contribution is 2.22. The van der Waals surface area contributed by atoms with Gasteiger partial charge in [-0.2, -0.15) is 0 Å². The molecule has 1 aromatic heterocycles. The molecule has 1 N–H and O–H groups in total. The molecule has 0 unspecified atom stereocenters. The van der Waals surface area contributed by atoms with E-state index in [0.717, 1.165) is 30.2 Å². The third kappa shape index (κ3) is 2.11. The largest absolute Gasteiger partial charge is 0.360 e. The molecule has 4 heteroatoms. The zero-order valence-corrected chi connectivity index (χ0v) is 11.6. The van der Waals surface area contributed by atoms with Crippen molar-refractivity contribution in [1.82, 2.24) is 9.88 Å². The van der Waals surface area contributed by atoms with Crippen LogP contribution in [0, 0.1) is 0 Å². The van der Waals surface area contributed by atoms with Crippen LogP contribution in [-0.4, -0.2) is 34.7 Å². The molecule has 20 heavy (non-hydrogen) atoms. The van der Waals surface area contributed by atoms with Crippen LogP contribution < -0.4 is 0 Å². The number of hydrogen-bond acceptors (Lipinski definition) is 2. The smallest absolute Gasteiger partial charge is 0.295 e. The van der Waals surface area contributed by atoms with Gasteiger partial charge in [-0.05, 0) is 37.0 Å². The summed E-state index contributed by atoms with van der Waals surface area (Å²) in [5, 5.41) is 0.849. The number of aryl methyl sites for hydroxylation is 1. The molecule has 0 radical (unpaired) electrons. The predicted molar refractivity (Wildman–Crippen MR) is 77.8 cm³/mol. The summed E-state index contributed by atoms with van der Waals surface area (Å²) in [6.45, 7) is 3.48. The quantitative estimate of drug-likeness (QED) is 0.688. The van der Waals surface area contributed by atoms with Crippen LogP contribution in [0.5, 0.6) is 0 Å². The summed E-state index contributed by atoms with van der Waals surface area (Å²) in [6, 6.07) is 6.00. The fraction of sp³-hybridized carbons (Fsp3) is 0.375. The standard InChI is InChI=1S/C16H18N2O2/c1-2-11-5-6-14-12(9-11)13(10-17-14)15(19)16(20)18-7-3-4-8-18/h5-6,9-10,17H,2-4,7-8H2,1H3. The molecule has 1 saturated heterocycles. The number of fused-ring (bicyclic) bond motifs is 1. The molecule has 0 atom stereocenters. The molecule has 3 rings (SSSR count). The number of carbonyl (C=O) groups is 2. The van der Waals surface area contributed by atoms with Crippen molar-refractivity contribution in [3.63, 3.8) is 0 Å². The van der Waals surface area contributed by atoms with E-state index in [4.69, 9.17) is 0 Å². The molecule has 0 saturated carbocycles. The zero-order valence-electron chi connectivity index (χ0n) is 11.6. The highest BCUT2D eigenvalue weighted by atomic mass is 16.2. The van der Waals surface area contributed by atoms with Crippen LogP contribution in [0.1, 0.15) is 35.7 Å². The van der Waals surface area contributed by atoms with Crippen molar-refractivity contribution < 1.29 is 9.59 Å². The minimum absolute atomic E-state index is 0.370. The monoisotopic (exact) mass is 270 g/mol. The second-order valence-corrected chi connectivity index (χ2v) is 5.26. The number of carbonyl (C=O) groups excluding carboxylic acids is 2. The average Bonchev–Trinajstić information content (AvgIpc) is 3.14. The van der Waals surface area contributed by atoms with Gasteiger partial charge >= 0.3 is 0 Å². The molecule has 2 aromatic rings. The van der Waals surface area contributed by atoms with Crippen molar-refractivity contribution in [3.8, 4) is 0 Å². The normalized spacial score (nSPS) is 14.9. The fourth-order valence-electron chi connectivity index (χ4n) is 2.75. The second kappa shape index (κ2) is 5.12. The summed E-state index contributed by atoms with van der Waals surface area (Å²) in [5.41, 5.74) is 2.56. The number of aromatic nitrogens is 1. The Morgan fingerprint density at radius 2 is 2.00 bits per heavy atom. The van der Waals surface area contributed by atoms with E-state index in [-0.39, 0.29) is 5.91 Å². The van der Waals surface area contributed by atoms with Crippen LogP contribution in [0.25, 0.3) is 10.9 Å². The van der Waals surface area contributed by atoms with Gasteiger partial charge in [0.05, 0.1) is 5.56 Å². The number of Topliss-reactive ketones (excluding diaryl/α,β-unsaturated/α-hetero) is 1. The Bertz CT molecular complexity index is 666. The average molecular weight is 270 g/mol. The topological polar surface area (TPSA) is 53.2 Å². The maximum atomic E-state index is 12.4. The summed E-state index contributed by atoms with van der Waals surface area (Å²) in [6.07, 6.45) is 4.55. The van der Waals surface area contributed by atoms with Crippen molar-refractivity contribution in [2.75, 3.05) is 13.1 Å².